The zero-order valence-corrected chi connectivity index (χ0v) is 13.6. The van der Waals surface area contributed by atoms with Crippen LogP contribution in [0.1, 0.15) is 32.7 Å². The Balaban J connectivity index is 1.83. The van der Waals surface area contributed by atoms with E-state index in [-0.39, 0.29) is 29.3 Å². The monoisotopic (exact) mass is 345 g/mol. The number of anilines is 1. The van der Waals surface area contributed by atoms with E-state index < -0.39 is 17.5 Å². The summed E-state index contributed by atoms with van der Waals surface area (Å²) in [5, 5.41) is 0.223. The van der Waals surface area contributed by atoms with Gasteiger partial charge in [0.05, 0.1) is 16.3 Å². The van der Waals surface area contributed by atoms with Crippen LogP contribution in [-0.4, -0.2) is 24.0 Å². The molecule has 0 spiro atoms. The van der Waals surface area contributed by atoms with Crippen molar-refractivity contribution in [3.05, 3.63) is 63.9 Å². The molecule has 24 heavy (non-hydrogen) atoms. The molecular formula is C18H13ClFNO3. The Morgan fingerprint density at radius 2 is 1.79 bits per heavy atom. The van der Waals surface area contributed by atoms with Crippen LogP contribution in [0.4, 0.5) is 10.1 Å². The minimum absolute atomic E-state index is 0.0239. The molecule has 122 valence electrons. The van der Waals surface area contributed by atoms with E-state index in [1.165, 1.54) is 29.2 Å². The third-order valence-electron chi connectivity index (χ3n) is 3.99. The number of Topliss-reactive ketones (excluding diaryl/α,β-unsaturated/α-hetero) is 2. The smallest absolute Gasteiger partial charge is 0.299 e. The van der Waals surface area contributed by atoms with E-state index in [0.717, 1.165) is 5.56 Å². The summed E-state index contributed by atoms with van der Waals surface area (Å²) in [6.45, 7) is 1.84. The molecule has 0 saturated heterocycles. The fourth-order valence-corrected chi connectivity index (χ4v) is 3.01. The number of rotatable bonds is 4. The molecule has 0 atom stereocenters. The number of fused-ring (bicyclic) bond motifs is 1. The molecule has 1 amide bonds. The maximum atomic E-state index is 12.9. The maximum Gasteiger partial charge on any atom is 0.299 e. The maximum absolute atomic E-state index is 12.9. The first-order valence-corrected chi connectivity index (χ1v) is 7.72. The molecule has 3 rings (SSSR count). The van der Waals surface area contributed by atoms with Crippen LogP contribution in [0.2, 0.25) is 5.02 Å². The van der Waals surface area contributed by atoms with Gasteiger partial charge < -0.3 is 4.90 Å². The first-order valence-electron chi connectivity index (χ1n) is 7.34. The molecule has 0 unspecified atom stereocenters. The molecule has 1 aliphatic rings. The molecule has 0 saturated carbocycles. The number of nitrogens with zero attached hydrogens (tertiary/aromatic N) is 1. The van der Waals surface area contributed by atoms with Crippen LogP contribution < -0.4 is 4.90 Å². The fraction of sp³-hybridized carbons (Fsp3) is 0.167. The van der Waals surface area contributed by atoms with Crippen molar-refractivity contribution in [2.45, 2.75) is 13.3 Å². The number of amides is 1. The van der Waals surface area contributed by atoms with E-state index in [9.17, 15) is 18.8 Å². The van der Waals surface area contributed by atoms with E-state index >= 15 is 0 Å². The first-order chi connectivity index (χ1) is 11.4. The lowest BCUT2D eigenvalue weighted by atomic mass is 10.1. The molecule has 2 aromatic carbocycles. The van der Waals surface area contributed by atoms with Gasteiger partial charge in [-0.3, -0.25) is 14.4 Å². The van der Waals surface area contributed by atoms with Crippen LogP contribution >= 0.6 is 11.6 Å². The number of ketones is 2. The Hall–Kier alpha value is -2.53. The SMILES string of the molecule is Cc1ccc(Cl)c2c1N(CCC(=O)c1ccc(F)cc1)C(=O)C2=O. The molecule has 0 fully saturated rings. The normalized spacial score (nSPS) is 13.4. The highest BCUT2D eigenvalue weighted by Gasteiger charge is 2.38. The van der Waals surface area contributed by atoms with Crippen molar-refractivity contribution in [2.75, 3.05) is 11.4 Å². The molecule has 0 aliphatic carbocycles. The van der Waals surface area contributed by atoms with Crippen LogP contribution in [0.3, 0.4) is 0 Å². The number of aryl methyl sites for hydroxylation is 1. The summed E-state index contributed by atoms with van der Waals surface area (Å²) in [7, 11) is 0. The second-order valence-corrected chi connectivity index (χ2v) is 5.96. The van der Waals surface area contributed by atoms with Crippen LogP contribution in [-0.2, 0) is 4.79 Å². The number of halogens is 2. The summed E-state index contributed by atoms with van der Waals surface area (Å²) in [5.74, 6) is -2.00. The van der Waals surface area contributed by atoms with E-state index in [2.05, 4.69) is 0 Å². The van der Waals surface area contributed by atoms with Crippen molar-refractivity contribution >= 4 is 34.8 Å². The number of carbonyl (C=O) groups excluding carboxylic acids is 3. The molecule has 6 heteroatoms. The predicted molar refractivity (Wildman–Crippen MR) is 88.2 cm³/mol. The quantitative estimate of drug-likeness (QED) is 0.628. The van der Waals surface area contributed by atoms with Crippen molar-refractivity contribution < 1.29 is 18.8 Å². The summed E-state index contributed by atoms with van der Waals surface area (Å²) in [5.41, 5.74) is 1.75. The molecule has 1 aliphatic heterocycles. The van der Waals surface area contributed by atoms with Crippen LogP contribution in [0.25, 0.3) is 0 Å². The molecule has 0 radical (unpaired) electrons. The zero-order valence-electron chi connectivity index (χ0n) is 12.8. The Morgan fingerprint density at radius 3 is 2.46 bits per heavy atom. The third kappa shape index (κ3) is 2.71. The Morgan fingerprint density at radius 1 is 1.12 bits per heavy atom. The second kappa shape index (κ2) is 6.17. The highest BCUT2D eigenvalue weighted by Crippen LogP contribution is 2.37. The average Bonchev–Trinajstić information content (AvgIpc) is 2.82. The van der Waals surface area contributed by atoms with Crippen molar-refractivity contribution in [1.29, 1.82) is 0 Å². The number of hydrogen-bond acceptors (Lipinski definition) is 3. The van der Waals surface area contributed by atoms with Gasteiger partial charge in [-0.1, -0.05) is 17.7 Å². The minimum Gasteiger partial charge on any atom is -0.304 e. The predicted octanol–water partition coefficient (Wildman–Crippen LogP) is 3.59. The third-order valence-corrected chi connectivity index (χ3v) is 4.31. The Bertz CT molecular complexity index is 861. The fourth-order valence-electron chi connectivity index (χ4n) is 2.77. The van der Waals surface area contributed by atoms with Crippen molar-refractivity contribution in [3.8, 4) is 0 Å². The molecule has 4 nitrogen and oxygen atoms in total. The molecule has 0 aromatic heterocycles. The number of benzene rings is 2. The lowest BCUT2D eigenvalue weighted by Gasteiger charge is -2.18. The van der Waals surface area contributed by atoms with Crippen molar-refractivity contribution in [1.82, 2.24) is 0 Å². The summed E-state index contributed by atoms with van der Waals surface area (Å²) in [6, 6.07) is 8.50. The summed E-state index contributed by atoms with van der Waals surface area (Å²) >= 11 is 6.04. The second-order valence-electron chi connectivity index (χ2n) is 5.55. The largest absolute Gasteiger partial charge is 0.304 e. The van der Waals surface area contributed by atoms with Gasteiger partial charge in [0.15, 0.2) is 5.78 Å². The average molecular weight is 346 g/mol. The minimum atomic E-state index is -0.687. The molecule has 2 aromatic rings. The van der Waals surface area contributed by atoms with Crippen molar-refractivity contribution in [2.24, 2.45) is 0 Å². The van der Waals surface area contributed by atoms with E-state index in [1.807, 2.05) is 0 Å². The van der Waals surface area contributed by atoms with E-state index in [1.54, 1.807) is 19.1 Å². The van der Waals surface area contributed by atoms with Gasteiger partial charge in [-0.25, -0.2) is 4.39 Å². The standard InChI is InChI=1S/C18H13ClFNO3/c1-10-2-7-13(19)15-16(10)21(18(24)17(15)23)9-8-14(22)11-3-5-12(20)6-4-11/h2-7H,8-9H2,1H3. The van der Waals surface area contributed by atoms with Gasteiger partial charge in [-0.15, -0.1) is 0 Å². The Labute approximate surface area is 142 Å². The van der Waals surface area contributed by atoms with Crippen LogP contribution in [0, 0.1) is 12.7 Å². The lowest BCUT2D eigenvalue weighted by molar-refractivity contribution is -0.114. The number of hydrogen-bond donors (Lipinski definition) is 0. The van der Waals surface area contributed by atoms with Gasteiger partial charge in [0.2, 0.25) is 0 Å². The van der Waals surface area contributed by atoms with Gasteiger partial charge in [0.25, 0.3) is 11.7 Å². The van der Waals surface area contributed by atoms with Gasteiger partial charge >= 0.3 is 0 Å². The molecular weight excluding hydrogens is 333 g/mol. The van der Waals surface area contributed by atoms with Crippen LogP contribution in [0.5, 0.6) is 0 Å². The van der Waals surface area contributed by atoms with Gasteiger partial charge in [-0.05, 0) is 42.8 Å². The zero-order chi connectivity index (χ0) is 17.4. The topological polar surface area (TPSA) is 54.5 Å². The highest BCUT2D eigenvalue weighted by atomic mass is 35.5. The first kappa shape index (κ1) is 16.3. The number of carbonyl (C=O) groups is 3. The highest BCUT2D eigenvalue weighted by molar-refractivity contribution is 6.55. The van der Waals surface area contributed by atoms with Gasteiger partial charge in [-0.2, -0.15) is 0 Å². The molecule has 0 bridgehead atoms. The lowest BCUT2D eigenvalue weighted by Crippen LogP contribution is -2.32. The molecule has 0 N–H and O–H groups in total. The Kier molecular flexibility index (Phi) is 4.20. The van der Waals surface area contributed by atoms with E-state index in [0.29, 0.717) is 11.3 Å². The van der Waals surface area contributed by atoms with E-state index in [4.69, 9.17) is 11.6 Å². The van der Waals surface area contributed by atoms with Gasteiger partial charge in [0, 0.05) is 18.5 Å². The molecule has 1 heterocycles. The van der Waals surface area contributed by atoms with Crippen LogP contribution in [0.15, 0.2) is 36.4 Å². The summed E-state index contributed by atoms with van der Waals surface area (Å²) in [6.07, 6.45) is 0.0239. The van der Waals surface area contributed by atoms with Crippen molar-refractivity contribution in [3.63, 3.8) is 0 Å². The summed E-state index contributed by atoms with van der Waals surface area (Å²) < 4.78 is 12.9. The van der Waals surface area contributed by atoms with Gasteiger partial charge in [0.1, 0.15) is 5.82 Å². The summed E-state index contributed by atoms with van der Waals surface area (Å²) in [4.78, 5) is 37.8.